The highest BCUT2D eigenvalue weighted by Gasteiger charge is 2.45. The maximum atomic E-state index is 2.50. The van der Waals surface area contributed by atoms with E-state index >= 15 is 0 Å². The summed E-state index contributed by atoms with van der Waals surface area (Å²) in [5, 5.41) is 5.29. The monoisotopic (exact) mass is 530 g/mol. The summed E-state index contributed by atoms with van der Waals surface area (Å²) in [5.41, 5.74) is 12.3. The van der Waals surface area contributed by atoms with Gasteiger partial charge in [0.05, 0.1) is 18.2 Å². The van der Waals surface area contributed by atoms with Crippen LogP contribution in [0.5, 0.6) is 0 Å². The van der Waals surface area contributed by atoms with Gasteiger partial charge in [-0.1, -0.05) is 80.6 Å². The van der Waals surface area contributed by atoms with Crippen molar-refractivity contribution in [3.05, 3.63) is 126 Å². The fraction of sp³-hybridized carbons (Fsp3) is 0.105. The summed E-state index contributed by atoms with van der Waals surface area (Å²) in [6.45, 7) is 4.75. The Morgan fingerprint density at radius 3 is 2.08 bits per heavy atom. The Kier molecular flexibility index (Phi) is 4.22. The molecule has 1 unspecified atom stereocenters. The van der Waals surface area contributed by atoms with E-state index in [0.29, 0.717) is 4.48 Å². The summed E-state index contributed by atoms with van der Waals surface area (Å²) < 4.78 is 3.37. The Hall–Kier alpha value is -4.24. The summed E-state index contributed by atoms with van der Waals surface area (Å²) in [6.07, 6.45) is 0. The first-order valence-corrected chi connectivity index (χ1v) is 14.9. The van der Waals surface area contributed by atoms with Crippen LogP contribution in [0.15, 0.2) is 115 Å². The number of hydrogen-bond acceptors (Lipinski definition) is 1. The molecule has 0 spiro atoms. The Morgan fingerprint density at radius 2 is 1.20 bits per heavy atom. The van der Waals surface area contributed by atoms with E-state index in [2.05, 4.69) is 136 Å². The zero-order chi connectivity index (χ0) is 26.8. The van der Waals surface area contributed by atoms with Crippen LogP contribution >= 0.6 is 11.3 Å². The molecule has 190 valence electrons. The van der Waals surface area contributed by atoms with Gasteiger partial charge in [-0.25, -0.2) is 4.48 Å². The van der Waals surface area contributed by atoms with Crippen LogP contribution in [0.25, 0.3) is 53.2 Å². The van der Waals surface area contributed by atoms with Crippen LogP contribution < -0.4 is 4.48 Å². The van der Waals surface area contributed by atoms with Crippen molar-refractivity contribution in [2.45, 2.75) is 19.3 Å². The molecule has 0 saturated carbocycles. The molecule has 1 aromatic heterocycles. The van der Waals surface area contributed by atoms with Crippen LogP contribution in [0, 0.1) is 0 Å². The summed E-state index contributed by atoms with van der Waals surface area (Å²) in [7, 11) is 2.40. The summed E-state index contributed by atoms with van der Waals surface area (Å²) in [4.78, 5) is 0. The number of nitrogens with zero attached hydrogens (tertiary/aromatic N) is 1. The Labute approximate surface area is 238 Å². The maximum absolute atomic E-state index is 2.50. The van der Waals surface area contributed by atoms with Gasteiger partial charge in [-0.2, -0.15) is 0 Å². The molecular formula is C38H28NS+. The van der Waals surface area contributed by atoms with Crippen molar-refractivity contribution in [3.63, 3.8) is 0 Å². The SMILES string of the molecule is CC1(C)c2ccccc2-c2ccc([N+]3(C)c4cc5ccccc5cc4-c4cc5sc6ccccc6c5cc43)cc21. The van der Waals surface area contributed by atoms with Crippen LogP contribution in [0.1, 0.15) is 25.0 Å². The van der Waals surface area contributed by atoms with Gasteiger partial charge < -0.3 is 0 Å². The average molecular weight is 531 g/mol. The van der Waals surface area contributed by atoms with E-state index in [9.17, 15) is 0 Å². The van der Waals surface area contributed by atoms with E-state index in [-0.39, 0.29) is 5.41 Å². The Morgan fingerprint density at radius 1 is 0.525 bits per heavy atom. The third kappa shape index (κ3) is 2.70. The van der Waals surface area contributed by atoms with E-state index in [0.717, 1.165) is 0 Å². The molecule has 0 radical (unpaired) electrons. The van der Waals surface area contributed by atoms with E-state index in [4.69, 9.17) is 0 Å². The van der Waals surface area contributed by atoms with Crippen LogP contribution in [0.2, 0.25) is 0 Å². The minimum absolute atomic E-state index is 0.0383. The van der Waals surface area contributed by atoms with E-state index in [1.807, 2.05) is 11.3 Å². The quantitative estimate of drug-likeness (QED) is 0.185. The van der Waals surface area contributed by atoms with Crippen molar-refractivity contribution in [3.8, 4) is 22.3 Å². The number of fused-ring (bicyclic) bond motifs is 10. The van der Waals surface area contributed by atoms with E-state index < -0.39 is 0 Å². The van der Waals surface area contributed by atoms with Gasteiger partial charge in [-0.3, -0.25) is 0 Å². The predicted octanol–water partition coefficient (Wildman–Crippen LogP) is 11.1. The topological polar surface area (TPSA) is 0 Å². The molecule has 0 bridgehead atoms. The Bertz CT molecular complexity index is 2220. The molecule has 1 atom stereocenters. The second-order valence-electron chi connectivity index (χ2n) is 12.1. The number of benzene rings is 6. The molecule has 1 aliphatic carbocycles. The van der Waals surface area contributed by atoms with Gasteiger partial charge in [-0.15, -0.1) is 11.3 Å². The first kappa shape index (κ1) is 22.6. The zero-order valence-electron chi connectivity index (χ0n) is 22.8. The molecular weight excluding hydrogens is 502 g/mol. The lowest BCUT2D eigenvalue weighted by Crippen LogP contribution is -2.32. The van der Waals surface area contributed by atoms with Crippen molar-refractivity contribution in [1.82, 2.24) is 4.48 Å². The lowest BCUT2D eigenvalue weighted by molar-refractivity contribution is 0.630. The predicted molar refractivity (Wildman–Crippen MR) is 173 cm³/mol. The highest BCUT2D eigenvalue weighted by Crippen LogP contribution is 2.60. The second kappa shape index (κ2) is 7.48. The molecule has 6 aromatic carbocycles. The van der Waals surface area contributed by atoms with Crippen molar-refractivity contribution in [2.75, 3.05) is 7.05 Å². The largest absolute Gasteiger partial charge is 0.228 e. The van der Waals surface area contributed by atoms with Crippen LogP contribution in [-0.2, 0) is 5.41 Å². The van der Waals surface area contributed by atoms with Gasteiger partial charge in [0.2, 0.25) is 0 Å². The van der Waals surface area contributed by atoms with Crippen molar-refractivity contribution >= 4 is 59.3 Å². The number of hydrogen-bond donors (Lipinski definition) is 0. The standard InChI is InChI=1S/C38H28NS/c1-38(2)32-14-8-6-12-26(32)27-17-16-25(20-33(27)38)39(3)34-19-24-11-5-4-10-23(24)18-29(34)30-22-37-31(21-35(30)39)28-13-7-9-15-36(28)40-37/h4-22H,1-3H3/q+1. The highest BCUT2D eigenvalue weighted by atomic mass is 32.1. The molecule has 7 aromatic rings. The van der Waals surface area contributed by atoms with Gasteiger partial charge in [-0.05, 0) is 57.3 Å². The van der Waals surface area contributed by atoms with Gasteiger partial charge in [0, 0.05) is 49.9 Å². The molecule has 2 heteroatoms. The molecule has 1 nitrogen and oxygen atoms in total. The minimum atomic E-state index is -0.0383. The minimum Gasteiger partial charge on any atom is -0.228 e. The summed E-state index contributed by atoms with van der Waals surface area (Å²) >= 11 is 1.90. The van der Waals surface area contributed by atoms with Gasteiger partial charge in [0.15, 0.2) is 11.4 Å². The molecule has 40 heavy (non-hydrogen) atoms. The molecule has 2 aliphatic rings. The molecule has 2 heterocycles. The van der Waals surface area contributed by atoms with Crippen molar-refractivity contribution in [2.24, 2.45) is 0 Å². The van der Waals surface area contributed by atoms with Crippen LogP contribution in [0.4, 0.5) is 17.1 Å². The number of thiophene rings is 1. The lowest BCUT2D eigenvalue weighted by atomic mass is 9.82. The van der Waals surface area contributed by atoms with E-state index in [1.165, 1.54) is 81.4 Å². The Balaban J connectivity index is 1.37. The second-order valence-corrected chi connectivity index (χ2v) is 13.2. The third-order valence-corrected chi connectivity index (χ3v) is 10.8. The van der Waals surface area contributed by atoms with Crippen molar-refractivity contribution in [1.29, 1.82) is 0 Å². The third-order valence-electron chi connectivity index (χ3n) is 9.70. The first-order valence-electron chi connectivity index (χ1n) is 14.1. The fourth-order valence-corrected chi connectivity index (χ4v) is 8.67. The fourth-order valence-electron chi connectivity index (χ4n) is 7.54. The van der Waals surface area contributed by atoms with Crippen LogP contribution in [-0.4, -0.2) is 7.05 Å². The highest BCUT2D eigenvalue weighted by molar-refractivity contribution is 7.25. The van der Waals surface area contributed by atoms with E-state index in [1.54, 1.807) is 0 Å². The average Bonchev–Trinajstić information content (AvgIpc) is 3.55. The summed E-state index contributed by atoms with van der Waals surface area (Å²) in [6, 6.07) is 43.6. The lowest BCUT2D eigenvalue weighted by Gasteiger charge is -2.32. The number of quaternary nitrogens is 1. The van der Waals surface area contributed by atoms with Gasteiger partial charge >= 0.3 is 0 Å². The zero-order valence-corrected chi connectivity index (χ0v) is 23.6. The maximum Gasteiger partial charge on any atom is 0.151 e. The van der Waals surface area contributed by atoms with Crippen LogP contribution in [0.3, 0.4) is 0 Å². The van der Waals surface area contributed by atoms with Gasteiger partial charge in [0.1, 0.15) is 5.69 Å². The molecule has 0 N–H and O–H groups in total. The molecule has 0 fully saturated rings. The smallest absolute Gasteiger partial charge is 0.151 e. The summed E-state index contributed by atoms with van der Waals surface area (Å²) in [5.74, 6) is 0. The first-order chi connectivity index (χ1) is 19.4. The number of rotatable bonds is 1. The molecule has 9 rings (SSSR count). The molecule has 0 saturated heterocycles. The normalized spacial score (nSPS) is 18.2. The molecule has 0 amide bonds. The van der Waals surface area contributed by atoms with Crippen molar-refractivity contribution < 1.29 is 0 Å². The molecule has 1 aliphatic heterocycles. The van der Waals surface area contributed by atoms with Gasteiger partial charge in [0.25, 0.3) is 0 Å².